The molecule has 0 saturated heterocycles. The average Bonchev–Trinajstić information content (AvgIpc) is 3.01. The Kier molecular flexibility index (Phi) is 5.03. The number of nitrogens with one attached hydrogen (secondary N) is 1. The van der Waals surface area contributed by atoms with Crippen LogP contribution in [-0.2, 0) is 5.60 Å². The standard InChI is InChI=1S/C15H18N2O3S/c1-3-21-13-7-6-11(9-16-13)14(18)17-10-15(2,19)12-5-4-8-20-12/h4-9,19H,3,10H2,1-2H3,(H,17,18). The Morgan fingerprint density at radius 2 is 2.29 bits per heavy atom. The van der Waals surface area contributed by atoms with Gasteiger partial charge in [-0.05, 0) is 36.9 Å². The Balaban J connectivity index is 1.95. The van der Waals surface area contributed by atoms with E-state index in [0.717, 1.165) is 10.8 Å². The zero-order valence-corrected chi connectivity index (χ0v) is 12.8. The van der Waals surface area contributed by atoms with Gasteiger partial charge < -0.3 is 14.8 Å². The van der Waals surface area contributed by atoms with Crippen LogP contribution in [-0.4, -0.2) is 28.3 Å². The fraction of sp³-hybridized carbons (Fsp3) is 0.333. The van der Waals surface area contributed by atoms with Gasteiger partial charge in [-0.25, -0.2) is 4.98 Å². The molecule has 0 saturated carbocycles. The van der Waals surface area contributed by atoms with Crippen molar-refractivity contribution in [1.82, 2.24) is 10.3 Å². The van der Waals surface area contributed by atoms with Crippen molar-refractivity contribution < 1.29 is 14.3 Å². The number of carbonyl (C=O) groups excluding carboxylic acids is 1. The molecule has 6 heteroatoms. The molecule has 0 aliphatic carbocycles. The van der Waals surface area contributed by atoms with Crippen LogP contribution in [0.2, 0.25) is 0 Å². The molecule has 0 spiro atoms. The first-order valence-electron chi connectivity index (χ1n) is 6.66. The lowest BCUT2D eigenvalue weighted by atomic mass is 10.0. The highest BCUT2D eigenvalue weighted by molar-refractivity contribution is 7.99. The van der Waals surface area contributed by atoms with Gasteiger partial charge in [0.2, 0.25) is 0 Å². The van der Waals surface area contributed by atoms with Crippen LogP contribution in [0.1, 0.15) is 30.0 Å². The third-order valence-electron chi connectivity index (χ3n) is 2.94. The van der Waals surface area contributed by atoms with E-state index >= 15 is 0 Å². The van der Waals surface area contributed by atoms with Crippen LogP contribution in [0.3, 0.4) is 0 Å². The number of thioether (sulfide) groups is 1. The number of hydrogen-bond donors (Lipinski definition) is 2. The summed E-state index contributed by atoms with van der Waals surface area (Å²) in [4.78, 5) is 16.2. The van der Waals surface area contributed by atoms with Crippen molar-refractivity contribution in [3.8, 4) is 0 Å². The van der Waals surface area contributed by atoms with E-state index in [1.165, 1.54) is 12.5 Å². The van der Waals surface area contributed by atoms with Crippen molar-refractivity contribution in [2.75, 3.05) is 12.3 Å². The summed E-state index contributed by atoms with van der Waals surface area (Å²) in [5.74, 6) is 1.07. The van der Waals surface area contributed by atoms with E-state index in [-0.39, 0.29) is 12.5 Å². The summed E-state index contributed by atoms with van der Waals surface area (Å²) < 4.78 is 5.16. The molecule has 0 aromatic carbocycles. The van der Waals surface area contributed by atoms with Gasteiger partial charge in [0, 0.05) is 6.20 Å². The molecule has 1 atom stereocenters. The SMILES string of the molecule is CCSc1ccc(C(=O)NCC(C)(O)c2ccco2)cn1. The van der Waals surface area contributed by atoms with Gasteiger partial charge in [-0.1, -0.05) is 6.92 Å². The fourth-order valence-electron chi connectivity index (χ4n) is 1.77. The van der Waals surface area contributed by atoms with Crippen LogP contribution in [0.15, 0.2) is 46.2 Å². The lowest BCUT2D eigenvalue weighted by Gasteiger charge is -2.21. The van der Waals surface area contributed by atoms with E-state index in [1.807, 2.05) is 13.0 Å². The maximum absolute atomic E-state index is 12.0. The molecule has 112 valence electrons. The molecular formula is C15H18N2O3S. The van der Waals surface area contributed by atoms with E-state index < -0.39 is 5.60 Å². The minimum absolute atomic E-state index is 0.0603. The highest BCUT2D eigenvalue weighted by Crippen LogP contribution is 2.20. The highest BCUT2D eigenvalue weighted by Gasteiger charge is 2.26. The van der Waals surface area contributed by atoms with Gasteiger partial charge in [0.05, 0.1) is 23.4 Å². The molecule has 0 bridgehead atoms. The molecule has 2 aromatic heterocycles. The van der Waals surface area contributed by atoms with Gasteiger partial charge in [0.25, 0.3) is 5.91 Å². The summed E-state index contributed by atoms with van der Waals surface area (Å²) in [5, 5.41) is 13.8. The lowest BCUT2D eigenvalue weighted by molar-refractivity contribution is 0.0330. The van der Waals surface area contributed by atoms with Crippen molar-refractivity contribution in [1.29, 1.82) is 0 Å². The summed E-state index contributed by atoms with van der Waals surface area (Å²) in [6, 6.07) is 6.90. The Labute approximate surface area is 127 Å². The molecule has 2 aromatic rings. The number of hydrogen-bond acceptors (Lipinski definition) is 5. The van der Waals surface area contributed by atoms with E-state index in [1.54, 1.807) is 36.9 Å². The van der Waals surface area contributed by atoms with Crippen molar-refractivity contribution in [3.05, 3.63) is 48.0 Å². The summed E-state index contributed by atoms with van der Waals surface area (Å²) in [7, 11) is 0. The maximum atomic E-state index is 12.0. The van der Waals surface area contributed by atoms with Crippen LogP contribution in [0.5, 0.6) is 0 Å². The van der Waals surface area contributed by atoms with Gasteiger partial charge in [-0.2, -0.15) is 0 Å². The number of pyridine rings is 1. The Morgan fingerprint density at radius 1 is 1.48 bits per heavy atom. The number of aromatic nitrogens is 1. The monoisotopic (exact) mass is 306 g/mol. The molecule has 1 unspecified atom stereocenters. The Bertz CT molecular complexity index is 579. The fourth-order valence-corrected chi connectivity index (χ4v) is 2.36. The number of furan rings is 1. The van der Waals surface area contributed by atoms with Gasteiger partial charge in [-0.3, -0.25) is 4.79 Å². The van der Waals surface area contributed by atoms with Crippen LogP contribution >= 0.6 is 11.8 Å². The molecule has 2 N–H and O–H groups in total. The average molecular weight is 306 g/mol. The minimum Gasteiger partial charge on any atom is -0.466 e. The molecule has 0 aliphatic heterocycles. The predicted molar refractivity (Wildman–Crippen MR) is 81.2 cm³/mol. The summed E-state index contributed by atoms with van der Waals surface area (Å²) >= 11 is 1.62. The van der Waals surface area contributed by atoms with Crippen LogP contribution in [0.4, 0.5) is 0 Å². The maximum Gasteiger partial charge on any atom is 0.252 e. The first kappa shape index (κ1) is 15.6. The molecule has 1 amide bonds. The number of rotatable bonds is 6. The number of nitrogens with zero attached hydrogens (tertiary/aromatic N) is 1. The third kappa shape index (κ3) is 4.09. The second-order valence-corrected chi connectivity index (χ2v) is 6.04. The van der Waals surface area contributed by atoms with Crippen LogP contribution in [0.25, 0.3) is 0 Å². The summed E-state index contributed by atoms with van der Waals surface area (Å²) in [6.07, 6.45) is 3.02. The van der Waals surface area contributed by atoms with Gasteiger partial charge in [-0.15, -0.1) is 11.8 Å². The van der Waals surface area contributed by atoms with E-state index in [4.69, 9.17) is 4.42 Å². The zero-order valence-electron chi connectivity index (χ0n) is 12.0. The quantitative estimate of drug-likeness (QED) is 0.802. The summed E-state index contributed by atoms with van der Waals surface area (Å²) in [6.45, 7) is 3.69. The predicted octanol–water partition coefficient (Wildman–Crippen LogP) is 2.42. The lowest BCUT2D eigenvalue weighted by Crippen LogP contribution is -2.38. The second-order valence-electron chi connectivity index (χ2n) is 4.75. The van der Waals surface area contributed by atoms with E-state index in [0.29, 0.717) is 11.3 Å². The molecule has 0 fully saturated rings. The van der Waals surface area contributed by atoms with Crippen LogP contribution < -0.4 is 5.32 Å². The molecule has 0 radical (unpaired) electrons. The topological polar surface area (TPSA) is 75.4 Å². The minimum atomic E-state index is -1.25. The van der Waals surface area contributed by atoms with Crippen LogP contribution in [0, 0.1) is 0 Å². The largest absolute Gasteiger partial charge is 0.466 e. The van der Waals surface area contributed by atoms with Gasteiger partial charge in [0.15, 0.2) is 0 Å². The number of aliphatic hydroxyl groups is 1. The van der Waals surface area contributed by atoms with Crippen molar-refractivity contribution in [2.45, 2.75) is 24.5 Å². The van der Waals surface area contributed by atoms with Gasteiger partial charge in [0.1, 0.15) is 11.4 Å². The molecule has 2 heterocycles. The van der Waals surface area contributed by atoms with E-state index in [2.05, 4.69) is 10.3 Å². The summed E-state index contributed by atoms with van der Waals surface area (Å²) in [5.41, 5.74) is -0.782. The third-order valence-corrected chi connectivity index (χ3v) is 3.76. The first-order chi connectivity index (χ1) is 10.0. The van der Waals surface area contributed by atoms with Crippen molar-refractivity contribution >= 4 is 17.7 Å². The molecule has 21 heavy (non-hydrogen) atoms. The molecular weight excluding hydrogens is 288 g/mol. The van der Waals surface area contributed by atoms with Crippen molar-refractivity contribution in [3.63, 3.8) is 0 Å². The van der Waals surface area contributed by atoms with E-state index in [9.17, 15) is 9.90 Å². The zero-order chi connectivity index (χ0) is 15.3. The first-order valence-corrected chi connectivity index (χ1v) is 7.65. The highest BCUT2D eigenvalue weighted by atomic mass is 32.2. The number of carbonyl (C=O) groups is 1. The molecule has 2 rings (SSSR count). The second kappa shape index (κ2) is 6.78. The van der Waals surface area contributed by atoms with Gasteiger partial charge >= 0.3 is 0 Å². The molecule has 5 nitrogen and oxygen atoms in total. The van der Waals surface area contributed by atoms with Crippen molar-refractivity contribution in [2.24, 2.45) is 0 Å². The Hall–Kier alpha value is -1.79. The normalized spacial score (nSPS) is 13.7. The number of amides is 1. The molecule has 0 aliphatic rings. The smallest absolute Gasteiger partial charge is 0.252 e. The Morgan fingerprint density at radius 3 is 2.86 bits per heavy atom.